The molecule has 0 saturated carbocycles. The molecular formula is C43H29NO. The van der Waals surface area contributed by atoms with Gasteiger partial charge in [-0.3, -0.25) is 0 Å². The van der Waals surface area contributed by atoms with E-state index in [-0.39, 0.29) is 0 Å². The molecular weight excluding hydrogens is 546 g/mol. The highest BCUT2D eigenvalue weighted by atomic mass is 16.3. The molecule has 45 heavy (non-hydrogen) atoms. The fourth-order valence-electron chi connectivity index (χ4n) is 6.86. The SMILES string of the molecule is Cc1cc2ccccc2c2c1oc1c(Nc3ccccc3-c3ccc4cc(-c5ccc6ccccc6c5)ccc4c3)cccc12. The molecule has 1 aromatic heterocycles. The molecule has 2 heteroatoms. The van der Waals surface area contributed by atoms with Gasteiger partial charge in [-0.15, -0.1) is 0 Å². The van der Waals surface area contributed by atoms with E-state index in [1.807, 2.05) is 0 Å². The molecule has 212 valence electrons. The Morgan fingerprint density at radius 3 is 1.82 bits per heavy atom. The van der Waals surface area contributed by atoms with E-state index < -0.39 is 0 Å². The zero-order valence-corrected chi connectivity index (χ0v) is 24.8. The van der Waals surface area contributed by atoms with Crippen molar-refractivity contribution in [1.29, 1.82) is 0 Å². The number of rotatable bonds is 4. The average molecular weight is 576 g/mol. The summed E-state index contributed by atoms with van der Waals surface area (Å²) in [4.78, 5) is 0. The van der Waals surface area contributed by atoms with Gasteiger partial charge in [0.05, 0.1) is 5.69 Å². The molecule has 0 aliphatic heterocycles. The molecule has 0 fully saturated rings. The molecule has 0 aliphatic carbocycles. The third-order valence-electron chi connectivity index (χ3n) is 9.11. The number of anilines is 2. The normalized spacial score (nSPS) is 11.7. The Kier molecular flexibility index (Phi) is 5.76. The van der Waals surface area contributed by atoms with Gasteiger partial charge in [0.25, 0.3) is 0 Å². The van der Waals surface area contributed by atoms with E-state index in [4.69, 9.17) is 4.42 Å². The van der Waals surface area contributed by atoms with Gasteiger partial charge in [0, 0.05) is 22.0 Å². The Morgan fingerprint density at radius 1 is 0.422 bits per heavy atom. The third kappa shape index (κ3) is 4.26. The summed E-state index contributed by atoms with van der Waals surface area (Å²) in [6, 6.07) is 54.4. The summed E-state index contributed by atoms with van der Waals surface area (Å²) in [5, 5.41) is 13.5. The molecule has 0 aliphatic rings. The number of aryl methyl sites for hydroxylation is 1. The van der Waals surface area contributed by atoms with E-state index in [9.17, 15) is 0 Å². The van der Waals surface area contributed by atoms with Crippen LogP contribution in [-0.2, 0) is 0 Å². The number of para-hydroxylation sites is 2. The van der Waals surface area contributed by atoms with Gasteiger partial charge in [0.1, 0.15) is 5.58 Å². The van der Waals surface area contributed by atoms with Crippen LogP contribution in [0.1, 0.15) is 5.56 Å². The highest BCUT2D eigenvalue weighted by molar-refractivity contribution is 6.21. The van der Waals surface area contributed by atoms with Crippen LogP contribution in [-0.4, -0.2) is 0 Å². The standard InChI is InChI=1S/C43H29NO/c1-27-23-34-11-4-5-13-37(34)41-38-14-8-16-40(43(38)45-42(27)41)44-39-15-7-6-12-36(39)35-22-21-32-25-31(19-20-33(32)26-35)30-18-17-28-9-2-3-10-29(28)24-30/h2-26,44H,1H3. The second kappa shape index (κ2) is 10.1. The first kappa shape index (κ1) is 25.6. The van der Waals surface area contributed by atoms with Crippen LogP contribution in [0.15, 0.2) is 156 Å². The molecule has 0 atom stereocenters. The van der Waals surface area contributed by atoms with Crippen molar-refractivity contribution in [2.24, 2.45) is 0 Å². The van der Waals surface area contributed by atoms with E-state index in [0.717, 1.165) is 39.1 Å². The summed E-state index contributed by atoms with van der Waals surface area (Å²) in [7, 11) is 0. The van der Waals surface area contributed by atoms with Crippen LogP contribution in [0.2, 0.25) is 0 Å². The maximum Gasteiger partial charge on any atom is 0.158 e. The van der Waals surface area contributed by atoms with E-state index in [2.05, 4.69) is 164 Å². The molecule has 0 saturated heterocycles. The smallest absolute Gasteiger partial charge is 0.158 e. The van der Waals surface area contributed by atoms with Gasteiger partial charge >= 0.3 is 0 Å². The average Bonchev–Trinajstić information content (AvgIpc) is 3.50. The first-order valence-corrected chi connectivity index (χ1v) is 15.4. The quantitative estimate of drug-likeness (QED) is 0.226. The fraction of sp³-hybridized carbons (Fsp3) is 0.0233. The van der Waals surface area contributed by atoms with E-state index in [1.165, 1.54) is 54.4 Å². The van der Waals surface area contributed by atoms with Gasteiger partial charge in [-0.05, 0) is 97.9 Å². The Balaban J connectivity index is 1.10. The van der Waals surface area contributed by atoms with E-state index >= 15 is 0 Å². The summed E-state index contributed by atoms with van der Waals surface area (Å²) in [5.74, 6) is 0. The van der Waals surface area contributed by atoms with Crippen LogP contribution < -0.4 is 5.32 Å². The first-order chi connectivity index (χ1) is 22.2. The Labute approximate surface area is 261 Å². The van der Waals surface area contributed by atoms with Crippen LogP contribution in [0.25, 0.3) is 76.5 Å². The lowest BCUT2D eigenvalue weighted by molar-refractivity contribution is 0.667. The highest BCUT2D eigenvalue weighted by Crippen LogP contribution is 2.41. The van der Waals surface area contributed by atoms with Crippen molar-refractivity contribution in [3.63, 3.8) is 0 Å². The second-order valence-corrected chi connectivity index (χ2v) is 11.9. The van der Waals surface area contributed by atoms with Crippen molar-refractivity contribution in [2.45, 2.75) is 6.92 Å². The Bertz CT molecular complexity index is 2590. The second-order valence-electron chi connectivity index (χ2n) is 11.9. The monoisotopic (exact) mass is 575 g/mol. The van der Waals surface area contributed by atoms with Crippen LogP contribution in [0.3, 0.4) is 0 Å². The summed E-state index contributed by atoms with van der Waals surface area (Å²) in [6.45, 7) is 2.13. The molecule has 2 nitrogen and oxygen atoms in total. The summed E-state index contributed by atoms with van der Waals surface area (Å²) in [5.41, 5.74) is 9.74. The summed E-state index contributed by atoms with van der Waals surface area (Å²) >= 11 is 0. The van der Waals surface area contributed by atoms with Crippen LogP contribution >= 0.6 is 0 Å². The van der Waals surface area contributed by atoms with Crippen LogP contribution in [0, 0.1) is 6.92 Å². The Hall–Kier alpha value is -5.86. The molecule has 9 rings (SSSR count). The first-order valence-electron chi connectivity index (χ1n) is 15.4. The van der Waals surface area contributed by atoms with Crippen molar-refractivity contribution in [2.75, 3.05) is 5.32 Å². The van der Waals surface area contributed by atoms with Gasteiger partial charge in [0.15, 0.2) is 5.58 Å². The highest BCUT2D eigenvalue weighted by Gasteiger charge is 2.16. The Morgan fingerprint density at radius 2 is 1.00 bits per heavy atom. The van der Waals surface area contributed by atoms with Gasteiger partial charge in [-0.2, -0.15) is 0 Å². The van der Waals surface area contributed by atoms with Crippen molar-refractivity contribution in [3.8, 4) is 22.3 Å². The number of fused-ring (bicyclic) bond motifs is 7. The van der Waals surface area contributed by atoms with Crippen LogP contribution in [0.5, 0.6) is 0 Å². The molecule has 0 amide bonds. The number of nitrogens with one attached hydrogen (secondary N) is 1. The number of hydrogen-bond donors (Lipinski definition) is 1. The van der Waals surface area contributed by atoms with Crippen molar-refractivity contribution < 1.29 is 4.42 Å². The number of benzene rings is 8. The molecule has 1 N–H and O–H groups in total. The fourth-order valence-corrected chi connectivity index (χ4v) is 6.86. The van der Waals surface area contributed by atoms with Gasteiger partial charge in [-0.25, -0.2) is 0 Å². The molecule has 8 aromatic carbocycles. The minimum atomic E-state index is 0.876. The molecule has 0 radical (unpaired) electrons. The predicted molar refractivity (Wildman–Crippen MR) is 192 cm³/mol. The van der Waals surface area contributed by atoms with Gasteiger partial charge in [0.2, 0.25) is 0 Å². The molecule has 0 spiro atoms. The minimum absolute atomic E-state index is 0.876. The largest absolute Gasteiger partial charge is 0.454 e. The van der Waals surface area contributed by atoms with Gasteiger partial charge in [-0.1, -0.05) is 115 Å². The van der Waals surface area contributed by atoms with Crippen molar-refractivity contribution >= 4 is 65.6 Å². The zero-order chi connectivity index (χ0) is 29.9. The number of hydrogen-bond acceptors (Lipinski definition) is 2. The third-order valence-corrected chi connectivity index (χ3v) is 9.11. The molecule has 1 heterocycles. The lowest BCUT2D eigenvalue weighted by atomic mass is 9.96. The van der Waals surface area contributed by atoms with Gasteiger partial charge < -0.3 is 9.73 Å². The predicted octanol–water partition coefficient (Wildman–Crippen LogP) is 12.4. The van der Waals surface area contributed by atoms with Crippen molar-refractivity contribution in [3.05, 3.63) is 157 Å². The van der Waals surface area contributed by atoms with Crippen LogP contribution in [0.4, 0.5) is 11.4 Å². The lowest BCUT2D eigenvalue weighted by Gasteiger charge is -2.14. The van der Waals surface area contributed by atoms with E-state index in [1.54, 1.807) is 0 Å². The zero-order valence-electron chi connectivity index (χ0n) is 24.8. The molecule has 0 unspecified atom stereocenters. The summed E-state index contributed by atoms with van der Waals surface area (Å²) in [6.07, 6.45) is 0. The van der Waals surface area contributed by atoms with Crippen molar-refractivity contribution in [1.82, 2.24) is 0 Å². The summed E-state index contributed by atoms with van der Waals surface area (Å²) < 4.78 is 6.61. The van der Waals surface area contributed by atoms with E-state index in [0.29, 0.717) is 0 Å². The number of furan rings is 1. The molecule has 0 bridgehead atoms. The maximum absolute atomic E-state index is 6.61. The lowest BCUT2D eigenvalue weighted by Crippen LogP contribution is -1.94. The minimum Gasteiger partial charge on any atom is -0.454 e. The molecule has 9 aromatic rings. The maximum atomic E-state index is 6.61. The topological polar surface area (TPSA) is 25.2 Å².